The van der Waals surface area contributed by atoms with Crippen molar-refractivity contribution in [3.8, 4) is 44.5 Å². The van der Waals surface area contributed by atoms with E-state index in [9.17, 15) is 0 Å². The highest BCUT2D eigenvalue weighted by Crippen LogP contribution is 2.46. The first-order valence-corrected chi connectivity index (χ1v) is 15.9. The van der Waals surface area contributed by atoms with E-state index in [0.29, 0.717) is 0 Å². The van der Waals surface area contributed by atoms with Gasteiger partial charge in [-0.25, -0.2) is 0 Å². The summed E-state index contributed by atoms with van der Waals surface area (Å²) in [4.78, 5) is 0. The molecule has 0 spiro atoms. The Labute approximate surface area is 268 Å². The molecule has 0 saturated heterocycles. The zero-order valence-electron chi connectivity index (χ0n) is 25.3. The van der Waals surface area contributed by atoms with Gasteiger partial charge in [-0.2, -0.15) is 0 Å². The summed E-state index contributed by atoms with van der Waals surface area (Å²) in [5.74, 6) is 0. The Hall–Kier alpha value is -5.98. The van der Waals surface area contributed by atoms with Gasteiger partial charge >= 0.3 is 0 Å². The minimum absolute atomic E-state index is 1.22. The molecule has 0 bridgehead atoms. The molecule has 0 heteroatoms. The van der Waals surface area contributed by atoms with Gasteiger partial charge in [0.1, 0.15) is 0 Å². The van der Waals surface area contributed by atoms with E-state index in [1.165, 1.54) is 87.6 Å². The highest BCUT2D eigenvalue weighted by molar-refractivity contribution is 6.23. The van der Waals surface area contributed by atoms with E-state index in [1.54, 1.807) is 0 Å². The molecule has 0 N–H and O–H groups in total. The molecule has 0 aromatic heterocycles. The second-order valence-electron chi connectivity index (χ2n) is 12.1. The third-order valence-electron chi connectivity index (χ3n) is 9.42. The van der Waals surface area contributed by atoms with Crippen molar-refractivity contribution >= 4 is 43.1 Å². The van der Waals surface area contributed by atoms with Crippen LogP contribution in [0.15, 0.2) is 182 Å². The number of rotatable bonds is 4. The van der Waals surface area contributed by atoms with Gasteiger partial charge in [-0.05, 0) is 106 Å². The minimum Gasteiger partial charge on any atom is -0.0622 e. The van der Waals surface area contributed by atoms with Gasteiger partial charge in [0.25, 0.3) is 0 Å². The van der Waals surface area contributed by atoms with E-state index in [2.05, 4.69) is 182 Å². The number of fused-ring (bicyclic) bond motifs is 5. The summed E-state index contributed by atoms with van der Waals surface area (Å²) in [5, 5.41) is 10.2. The fourth-order valence-electron chi connectivity index (χ4n) is 7.35. The molecule has 0 aliphatic carbocycles. The van der Waals surface area contributed by atoms with Crippen LogP contribution in [0.3, 0.4) is 0 Å². The Bertz CT molecular complexity index is 2560. The lowest BCUT2D eigenvalue weighted by Crippen LogP contribution is -1.92. The molecule has 9 aromatic carbocycles. The van der Waals surface area contributed by atoms with Crippen molar-refractivity contribution < 1.29 is 0 Å². The quantitative estimate of drug-likeness (QED) is 0.143. The first-order valence-electron chi connectivity index (χ1n) is 15.9. The molecule has 0 aliphatic rings. The maximum Gasteiger partial charge on any atom is -0.00259 e. The molecule has 214 valence electrons. The Morgan fingerprint density at radius 3 is 1.48 bits per heavy atom. The average molecular weight is 583 g/mol. The van der Waals surface area contributed by atoms with Crippen molar-refractivity contribution in [3.05, 3.63) is 182 Å². The number of benzene rings is 9. The van der Waals surface area contributed by atoms with Gasteiger partial charge in [0, 0.05) is 0 Å². The zero-order chi connectivity index (χ0) is 30.5. The molecule has 9 rings (SSSR count). The maximum absolute atomic E-state index is 2.44. The van der Waals surface area contributed by atoms with Crippen molar-refractivity contribution in [3.63, 3.8) is 0 Å². The van der Waals surface area contributed by atoms with E-state index < -0.39 is 0 Å². The zero-order valence-corrected chi connectivity index (χ0v) is 25.3. The van der Waals surface area contributed by atoms with Crippen molar-refractivity contribution in [2.75, 3.05) is 0 Å². The lowest BCUT2D eigenvalue weighted by atomic mass is 9.84. The molecule has 0 atom stereocenters. The first-order chi connectivity index (χ1) is 22.8. The van der Waals surface area contributed by atoms with Crippen LogP contribution in [0.1, 0.15) is 0 Å². The molecule has 0 heterocycles. The van der Waals surface area contributed by atoms with Gasteiger partial charge in [-0.1, -0.05) is 164 Å². The summed E-state index contributed by atoms with van der Waals surface area (Å²) in [6.45, 7) is 0. The van der Waals surface area contributed by atoms with Crippen molar-refractivity contribution in [2.24, 2.45) is 0 Å². The number of hydrogen-bond acceptors (Lipinski definition) is 0. The average Bonchev–Trinajstić information content (AvgIpc) is 3.14. The van der Waals surface area contributed by atoms with Crippen molar-refractivity contribution in [1.29, 1.82) is 0 Å². The van der Waals surface area contributed by atoms with Crippen LogP contribution < -0.4 is 0 Å². The van der Waals surface area contributed by atoms with Gasteiger partial charge in [0.2, 0.25) is 0 Å². The van der Waals surface area contributed by atoms with Crippen LogP contribution in [0.4, 0.5) is 0 Å². The summed E-state index contributed by atoms with van der Waals surface area (Å²) in [5.41, 5.74) is 9.94. The molecule has 9 aromatic rings. The van der Waals surface area contributed by atoms with E-state index in [4.69, 9.17) is 0 Å². The lowest BCUT2D eigenvalue weighted by molar-refractivity contribution is 1.61. The second kappa shape index (κ2) is 10.9. The molecule has 0 saturated carbocycles. The predicted octanol–water partition coefficient (Wildman–Crippen LogP) is 13.0. The summed E-state index contributed by atoms with van der Waals surface area (Å²) in [6.07, 6.45) is 0. The Morgan fingerprint density at radius 1 is 0.217 bits per heavy atom. The van der Waals surface area contributed by atoms with Gasteiger partial charge in [-0.15, -0.1) is 0 Å². The topological polar surface area (TPSA) is 0 Å². The smallest absolute Gasteiger partial charge is 0.00259 e. The van der Waals surface area contributed by atoms with E-state index in [0.717, 1.165) is 0 Å². The highest BCUT2D eigenvalue weighted by Gasteiger charge is 2.18. The summed E-state index contributed by atoms with van der Waals surface area (Å²) in [7, 11) is 0. The minimum atomic E-state index is 1.22. The molecule has 0 nitrogen and oxygen atoms in total. The summed E-state index contributed by atoms with van der Waals surface area (Å²) < 4.78 is 0. The van der Waals surface area contributed by atoms with Crippen molar-refractivity contribution in [2.45, 2.75) is 0 Å². The van der Waals surface area contributed by atoms with Crippen LogP contribution in [-0.4, -0.2) is 0 Å². The fourth-order valence-corrected chi connectivity index (χ4v) is 7.35. The molecular formula is C46H30. The molecule has 0 radical (unpaired) electrons. The normalized spacial score (nSPS) is 11.5. The molecule has 0 fully saturated rings. The molecule has 0 aliphatic heterocycles. The fraction of sp³-hybridized carbons (Fsp3) is 0. The largest absolute Gasteiger partial charge is 0.0622 e. The first kappa shape index (κ1) is 26.4. The highest BCUT2D eigenvalue weighted by atomic mass is 14.2. The predicted molar refractivity (Wildman–Crippen MR) is 198 cm³/mol. The monoisotopic (exact) mass is 582 g/mol. The third kappa shape index (κ3) is 4.30. The molecular weight excluding hydrogens is 553 g/mol. The lowest BCUT2D eigenvalue weighted by Gasteiger charge is -2.19. The van der Waals surface area contributed by atoms with Crippen LogP contribution in [-0.2, 0) is 0 Å². The van der Waals surface area contributed by atoms with Crippen LogP contribution in [0.2, 0.25) is 0 Å². The van der Waals surface area contributed by atoms with Gasteiger partial charge in [-0.3, -0.25) is 0 Å². The van der Waals surface area contributed by atoms with Crippen LogP contribution >= 0.6 is 0 Å². The molecule has 0 amide bonds. The Morgan fingerprint density at radius 2 is 0.739 bits per heavy atom. The number of hydrogen-bond donors (Lipinski definition) is 0. The third-order valence-corrected chi connectivity index (χ3v) is 9.42. The van der Waals surface area contributed by atoms with Crippen LogP contribution in [0, 0.1) is 0 Å². The van der Waals surface area contributed by atoms with E-state index >= 15 is 0 Å². The standard InChI is InChI=1S/C46H30/c1-3-14-31(15-4-1)33-19-13-20-36(28-33)46-41-25-12-11-24-40(41)45(32-16-5-2-6-17-32)42-27-26-35(30-44(42)46)43-29-34-18-7-8-21-37(34)38-22-9-10-23-39(38)43/h1-30H. The second-order valence-corrected chi connectivity index (χ2v) is 12.1. The van der Waals surface area contributed by atoms with Crippen LogP contribution in [0.5, 0.6) is 0 Å². The van der Waals surface area contributed by atoms with Gasteiger partial charge in [0.15, 0.2) is 0 Å². The van der Waals surface area contributed by atoms with Gasteiger partial charge in [0.05, 0.1) is 0 Å². The van der Waals surface area contributed by atoms with Crippen LogP contribution in [0.25, 0.3) is 87.6 Å². The van der Waals surface area contributed by atoms with E-state index in [1.807, 2.05) is 0 Å². The Balaban J connectivity index is 1.40. The SMILES string of the molecule is c1ccc(-c2cccc(-c3c4ccccc4c(-c4ccccc4)c4ccc(-c5cc6ccccc6c6ccccc56)cc34)c2)cc1. The van der Waals surface area contributed by atoms with Crippen molar-refractivity contribution in [1.82, 2.24) is 0 Å². The molecule has 0 unspecified atom stereocenters. The maximum atomic E-state index is 2.44. The van der Waals surface area contributed by atoms with Gasteiger partial charge < -0.3 is 0 Å². The molecule has 46 heavy (non-hydrogen) atoms. The summed E-state index contributed by atoms with van der Waals surface area (Å²) >= 11 is 0. The Kier molecular flexibility index (Phi) is 6.25. The summed E-state index contributed by atoms with van der Waals surface area (Å²) in [6, 6.07) is 66.6. The van der Waals surface area contributed by atoms with E-state index in [-0.39, 0.29) is 0 Å².